The Morgan fingerprint density at radius 1 is 0.294 bits per heavy atom. The first-order valence-corrected chi connectivity index (χ1v) is 25.4. The SMILES string of the molecule is O=P(c1ccccc1)(c1ccccc1)c1cccc(-c2ccc(C3(c4ccc(-c5nc(-c6cccc(-c7ccccc7)c6)nc(-c6cccc(-c7ccccc7)c6)n5)cc4)CCCCC3)cc2)c1. The number of rotatable bonds is 11. The molecule has 11 rings (SSSR count). The van der Waals surface area contributed by atoms with Crippen molar-refractivity contribution in [3.8, 4) is 67.5 Å². The second-order valence-corrected chi connectivity index (χ2v) is 20.6. The van der Waals surface area contributed by atoms with E-state index in [2.05, 4.69) is 158 Å². The Labute approximate surface area is 399 Å². The van der Waals surface area contributed by atoms with Crippen molar-refractivity contribution in [3.05, 3.63) is 254 Å². The van der Waals surface area contributed by atoms with E-state index in [1.165, 1.54) is 30.4 Å². The first-order valence-electron chi connectivity index (χ1n) is 23.7. The van der Waals surface area contributed by atoms with Gasteiger partial charge in [0, 0.05) is 38.0 Å². The Balaban J connectivity index is 0.942. The number of aromatic nitrogens is 3. The lowest BCUT2D eigenvalue weighted by Crippen LogP contribution is -2.30. The van der Waals surface area contributed by atoms with Crippen LogP contribution in [0.1, 0.15) is 43.2 Å². The number of nitrogens with zero attached hydrogens (tertiary/aromatic N) is 3. The van der Waals surface area contributed by atoms with Crippen LogP contribution in [0.2, 0.25) is 0 Å². The molecule has 0 aliphatic heterocycles. The van der Waals surface area contributed by atoms with Gasteiger partial charge >= 0.3 is 0 Å². The van der Waals surface area contributed by atoms with Gasteiger partial charge in [0.05, 0.1) is 0 Å². The van der Waals surface area contributed by atoms with Crippen LogP contribution in [0.5, 0.6) is 0 Å². The molecule has 0 radical (unpaired) electrons. The highest BCUT2D eigenvalue weighted by molar-refractivity contribution is 7.85. The second-order valence-electron chi connectivity index (χ2n) is 17.8. The third kappa shape index (κ3) is 8.45. The molecule has 0 amide bonds. The van der Waals surface area contributed by atoms with Gasteiger partial charge in [-0.05, 0) is 75.5 Å². The molecule has 0 saturated heterocycles. The molecule has 1 saturated carbocycles. The summed E-state index contributed by atoms with van der Waals surface area (Å²) in [5, 5.41) is 2.50. The molecule has 1 aliphatic carbocycles. The zero-order valence-corrected chi connectivity index (χ0v) is 38.7. The summed E-state index contributed by atoms with van der Waals surface area (Å²) >= 11 is 0. The van der Waals surface area contributed by atoms with Crippen LogP contribution in [0.3, 0.4) is 0 Å². The standard InChI is InChI=1S/C63H50N3OP/c67-68(57-28-10-3-11-29-57,58-30-12-4-13-31-58)59-32-18-25-52(45-59)48-33-37-55(38-34-48)63(41-14-5-15-42-63)56-39-35-49(36-40-56)60-64-61(53-26-16-23-50(43-53)46-19-6-1-7-20-46)66-62(65-60)54-27-17-24-51(44-54)47-21-8-2-9-22-47/h1-4,6-13,16-40,43-45H,5,14-15,41-42H2. The largest absolute Gasteiger partial charge is 0.309 e. The molecule has 328 valence electrons. The van der Waals surface area contributed by atoms with E-state index in [9.17, 15) is 0 Å². The minimum Gasteiger partial charge on any atom is -0.309 e. The van der Waals surface area contributed by atoms with Gasteiger partial charge in [0.15, 0.2) is 24.6 Å². The van der Waals surface area contributed by atoms with Gasteiger partial charge in [0.1, 0.15) is 0 Å². The summed E-state index contributed by atoms with van der Waals surface area (Å²) in [5.41, 5.74) is 12.0. The molecule has 5 heteroatoms. The highest BCUT2D eigenvalue weighted by Crippen LogP contribution is 2.47. The minimum absolute atomic E-state index is 0.126. The van der Waals surface area contributed by atoms with Crippen LogP contribution in [0.25, 0.3) is 67.5 Å². The van der Waals surface area contributed by atoms with Crippen LogP contribution < -0.4 is 15.9 Å². The highest BCUT2D eigenvalue weighted by Gasteiger charge is 2.36. The molecule has 1 heterocycles. The van der Waals surface area contributed by atoms with Gasteiger partial charge in [-0.3, -0.25) is 0 Å². The van der Waals surface area contributed by atoms with E-state index in [0.29, 0.717) is 17.5 Å². The van der Waals surface area contributed by atoms with E-state index in [1.807, 2.05) is 84.9 Å². The van der Waals surface area contributed by atoms with Crippen LogP contribution in [0.15, 0.2) is 243 Å². The quantitative estimate of drug-likeness (QED) is 0.121. The van der Waals surface area contributed by atoms with Gasteiger partial charge in [0.25, 0.3) is 0 Å². The first kappa shape index (κ1) is 42.8. The van der Waals surface area contributed by atoms with Crippen molar-refractivity contribution in [2.75, 3.05) is 0 Å². The summed E-state index contributed by atoms with van der Waals surface area (Å²) in [4.78, 5) is 15.5. The molecule has 0 spiro atoms. The predicted molar refractivity (Wildman–Crippen MR) is 282 cm³/mol. The molecule has 0 N–H and O–H groups in total. The molecule has 1 fully saturated rings. The molecule has 10 aromatic rings. The maximum atomic E-state index is 15.3. The Morgan fingerprint density at radius 2 is 0.632 bits per heavy atom. The Morgan fingerprint density at radius 3 is 1.10 bits per heavy atom. The van der Waals surface area contributed by atoms with Crippen molar-refractivity contribution in [3.63, 3.8) is 0 Å². The Bertz CT molecular complexity index is 3230. The molecule has 9 aromatic carbocycles. The fourth-order valence-electron chi connectivity index (χ4n) is 10.1. The molecule has 0 unspecified atom stereocenters. The summed E-state index contributed by atoms with van der Waals surface area (Å²) in [5.74, 6) is 1.91. The van der Waals surface area contributed by atoms with Crippen molar-refractivity contribution in [1.82, 2.24) is 15.0 Å². The van der Waals surface area contributed by atoms with Gasteiger partial charge < -0.3 is 4.57 Å². The monoisotopic (exact) mass is 895 g/mol. The summed E-state index contributed by atoms with van der Waals surface area (Å²) in [6.07, 6.45) is 5.73. The molecular weight excluding hydrogens is 846 g/mol. The van der Waals surface area contributed by atoms with E-state index in [1.54, 1.807) is 0 Å². The molecule has 4 nitrogen and oxygen atoms in total. The van der Waals surface area contributed by atoms with Crippen molar-refractivity contribution in [2.45, 2.75) is 37.5 Å². The molecule has 1 aliphatic rings. The van der Waals surface area contributed by atoms with Crippen molar-refractivity contribution >= 4 is 23.1 Å². The average molecular weight is 896 g/mol. The Hall–Kier alpha value is -7.78. The van der Waals surface area contributed by atoms with E-state index in [-0.39, 0.29) is 5.41 Å². The van der Waals surface area contributed by atoms with E-state index < -0.39 is 7.14 Å². The summed E-state index contributed by atoms with van der Waals surface area (Å²) in [7, 11) is -3.11. The number of hydrogen-bond donors (Lipinski definition) is 0. The second kappa shape index (κ2) is 18.8. The van der Waals surface area contributed by atoms with E-state index in [0.717, 1.165) is 78.8 Å². The molecular formula is C63H50N3OP. The third-order valence-electron chi connectivity index (χ3n) is 13.7. The maximum Gasteiger partial charge on any atom is 0.171 e. The lowest BCUT2D eigenvalue weighted by molar-refractivity contribution is 0.346. The highest BCUT2D eigenvalue weighted by atomic mass is 31.2. The summed E-state index contributed by atoms with van der Waals surface area (Å²) < 4.78 is 15.3. The van der Waals surface area contributed by atoms with Crippen LogP contribution >= 0.6 is 7.14 Å². The smallest absolute Gasteiger partial charge is 0.171 e. The zero-order chi connectivity index (χ0) is 45.8. The van der Waals surface area contributed by atoms with Gasteiger partial charge in [-0.1, -0.05) is 244 Å². The topological polar surface area (TPSA) is 55.7 Å². The van der Waals surface area contributed by atoms with Gasteiger partial charge in [-0.2, -0.15) is 0 Å². The maximum absolute atomic E-state index is 15.3. The van der Waals surface area contributed by atoms with Crippen molar-refractivity contribution < 1.29 is 4.57 Å². The third-order valence-corrected chi connectivity index (χ3v) is 16.8. The normalized spacial score (nSPS) is 13.5. The molecule has 68 heavy (non-hydrogen) atoms. The van der Waals surface area contributed by atoms with Crippen LogP contribution in [-0.2, 0) is 9.98 Å². The molecule has 1 aromatic heterocycles. The summed E-state index contributed by atoms with van der Waals surface area (Å²) in [6.45, 7) is 0. The van der Waals surface area contributed by atoms with Crippen molar-refractivity contribution in [1.29, 1.82) is 0 Å². The van der Waals surface area contributed by atoms with Gasteiger partial charge in [0.2, 0.25) is 0 Å². The number of hydrogen-bond acceptors (Lipinski definition) is 4. The van der Waals surface area contributed by atoms with Gasteiger partial charge in [-0.15, -0.1) is 0 Å². The van der Waals surface area contributed by atoms with Crippen LogP contribution in [0, 0.1) is 0 Å². The van der Waals surface area contributed by atoms with Crippen LogP contribution in [0.4, 0.5) is 0 Å². The fraction of sp³-hybridized carbons (Fsp3) is 0.0952. The predicted octanol–water partition coefficient (Wildman–Crippen LogP) is 14.8. The Kier molecular flexibility index (Phi) is 11.9. The lowest BCUT2D eigenvalue weighted by Gasteiger charge is -2.39. The summed E-state index contributed by atoms with van der Waals surface area (Å²) in [6, 6.07) is 84.1. The fourth-order valence-corrected chi connectivity index (χ4v) is 12.8. The van der Waals surface area contributed by atoms with E-state index in [4.69, 9.17) is 15.0 Å². The average Bonchev–Trinajstić information content (AvgIpc) is 3.44. The van der Waals surface area contributed by atoms with E-state index >= 15 is 4.57 Å². The zero-order valence-electron chi connectivity index (χ0n) is 37.8. The van der Waals surface area contributed by atoms with Gasteiger partial charge in [-0.25, -0.2) is 15.0 Å². The van der Waals surface area contributed by atoms with Crippen LogP contribution in [-0.4, -0.2) is 15.0 Å². The van der Waals surface area contributed by atoms with Crippen molar-refractivity contribution in [2.24, 2.45) is 0 Å². The molecule has 0 bridgehead atoms. The first-order chi connectivity index (χ1) is 33.5. The lowest BCUT2D eigenvalue weighted by atomic mass is 9.65. The number of benzene rings is 9. The molecule has 0 atom stereocenters. The minimum atomic E-state index is -3.11.